The van der Waals surface area contributed by atoms with E-state index in [-0.39, 0.29) is 0 Å². The molecule has 0 fully saturated rings. The van der Waals surface area contributed by atoms with E-state index in [1.54, 1.807) is 6.92 Å². The first-order valence-corrected chi connectivity index (χ1v) is 2.39. The van der Waals surface area contributed by atoms with Crippen LogP contribution in [0.5, 0.6) is 0 Å². The molecule has 2 amide bonds. The van der Waals surface area contributed by atoms with Crippen LogP contribution in [0.4, 0.5) is 4.79 Å². The maximum atomic E-state index is 9.99. The summed E-state index contributed by atoms with van der Waals surface area (Å²) in [5.74, 6) is 0. The van der Waals surface area contributed by atoms with Crippen LogP contribution in [0, 0.1) is 0 Å². The predicted molar refractivity (Wildman–Crippen MR) is 36.0 cm³/mol. The zero-order valence-electron chi connectivity index (χ0n) is 5.22. The Morgan fingerprint density at radius 1 is 1.89 bits per heavy atom. The lowest BCUT2D eigenvalue weighted by Crippen LogP contribution is -2.25. The van der Waals surface area contributed by atoms with Gasteiger partial charge in [-0.2, -0.15) is 5.10 Å². The van der Waals surface area contributed by atoms with Crippen LogP contribution in [-0.2, 0) is 0 Å². The Labute approximate surface area is 53.4 Å². The number of primary amides is 1. The Balaban J connectivity index is 3.69. The van der Waals surface area contributed by atoms with Gasteiger partial charge in [0.25, 0.3) is 0 Å². The van der Waals surface area contributed by atoms with Gasteiger partial charge in [-0.3, -0.25) is 0 Å². The summed E-state index contributed by atoms with van der Waals surface area (Å²) in [7, 11) is 0. The van der Waals surface area contributed by atoms with E-state index in [0.29, 0.717) is 5.71 Å². The zero-order chi connectivity index (χ0) is 7.28. The molecular formula is C5H9N3O. The van der Waals surface area contributed by atoms with Crippen molar-refractivity contribution in [2.24, 2.45) is 10.8 Å². The minimum Gasteiger partial charge on any atom is -0.350 e. The van der Waals surface area contributed by atoms with Gasteiger partial charge in [0, 0.05) is 0 Å². The highest BCUT2D eigenvalue weighted by atomic mass is 16.2. The average Bonchev–Trinajstić information content (AvgIpc) is 1.83. The van der Waals surface area contributed by atoms with Gasteiger partial charge in [-0.15, -0.1) is 0 Å². The van der Waals surface area contributed by atoms with Crippen molar-refractivity contribution in [3.8, 4) is 0 Å². The first kappa shape index (κ1) is 7.68. The molecule has 0 rings (SSSR count). The Morgan fingerprint density at radius 2 is 2.44 bits per heavy atom. The topological polar surface area (TPSA) is 67.5 Å². The van der Waals surface area contributed by atoms with E-state index in [1.165, 1.54) is 6.08 Å². The summed E-state index contributed by atoms with van der Waals surface area (Å²) < 4.78 is 0. The van der Waals surface area contributed by atoms with Gasteiger partial charge in [0.05, 0.1) is 5.71 Å². The normalized spacial score (nSPS) is 10.6. The van der Waals surface area contributed by atoms with Crippen molar-refractivity contribution >= 4 is 11.7 Å². The van der Waals surface area contributed by atoms with E-state index in [0.717, 1.165) is 0 Å². The SMILES string of the molecule is C=C/C(C)=N/NC(N)=O. The monoisotopic (exact) mass is 127 g/mol. The molecule has 9 heavy (non-hydrogen) atoms. The number of hydrogen-bond donors (Lipinski definition) is 2. The summed E-state index contributed by atoms with van der Waals surface area (Å²) in [6.45, 7) is 5.11. The molecule has 0 heterocycles. The third-order valence-corrected chi connectivity index (χ3v) is 0.638. The van der Waals surface area contributed by atoms with Gasteiger partial charge >= 0.3 is 6.03 Å². The van der Waals surface area contributed by atoms with E-state index >= 15 is 0 Å². The smallest absolute Gasteiger partial charge is 0.332 e. The molecule has 0 spiro atoms. The van der Waals surface area contributed by atoms with Crippen LogP contribution >= 0.6 is 0 Å². The van der Waals surface area contributed by atoms with E-state index < -0.39 is 6.03 Å². The largest absolute Gasteiger partial charge is 0.350 e. The third-order valence-electron chi connectivity index (χ3n) is 0.638. The molecule has 0 saturated heterocycles. The number of amides is 2. The van der Waals surface area contributed by atoms with Gasteiger partial charge in [0.1, 0.15) is 0 Å². The Hall–Kier alpha value is -1.32. The van der Waals surface area contributed by atoms with Crippen LogP contribution in [0.2, 0.25) is 0 Å². The molecular weight excluding hydrogens is 118 g/mol. The molecule has 0 saturated carbocycles. The number of carbonyl (C=O) groups excluding carboxylic acids is 1. The highest BCUT2D eigenvalue weighted by molar-refractivity contribution is 5.92. The summed E-state index contributed by atoms with van der Waals surface area (Å²) in [4.78, 5) is 9.99. The van der Waals surface area contributed by atoms with Crippen molar-refractivity contribution < 1.29 is 4.79 Å². The number of carbonyl (C=O) groups is 1. The van der Waals surface area contributed by atoms with Gasteiger partial charge in [-0.25, -0.2) is 10.2 Å². The third kappa shape index (κ3) is 4.53. The quantitative estimate of drug-likeness (QED) is 0.404. The van der Waals surface area contributed by atoms with Crippen molar-refractivity contribution in [1.82, 2.24) is 5.43 Å². The van der Waals surface area contributed by atoms with Crippen LogP contribution in [-0.4, -0.2) is 11.7 Å². The number of nitrogens with one attached hydrogen (secondary N) is 1. The summed E-state index contributed by atoms with van der Waals surface area (Å²) >= 11 is 0. The molecule has 0 aromatic rings. The van der Waals surface area contributed by atoms with Crippen molar-refractivity contribution in [3.63, 3.8) is 0 Å². The number of hydrazone groups is 1. The average molecular weight is 127 g/mol. The highest BCUT2D eigenvalue weighted by Gasteiger charge is 1.84. The molecule has 0 unspecified atom stereocenters. The van der Waals surface area contributed by atoms with E-state index in [2.05, 4.69) is 17.1 Å². The Morgan fingerprint density at radius 3 is 2.78 bits per heavy atom. The summed E-state index contributed by atoms with van der Waals surface area (Å²) in [6, 6.07) is -0.670. The standard InChI is InChI=1S/C5H9N3O/c1-3-4(2)7-8-5(6)9/h3H,1H2,2H3,(H3,6,8,9)/b7-4+. The zero-order valence-corrected chi connectivity index (χ0v) is 5.22. The van der Waals surface area contributed by atoms with Crippen LogP contribution in [0.3, 0.4) is 0 Å². The molecule has 0 atom stereocenters. The van der Waals surface area contributed by atoms with Gasteiger partial charge in [-0.05, 0) is 13.0 Å². The van der Waals surface area contributed by atoms with Crippen LogP contribution in [0.25, 0.3) is 0 Å². The summed E-state index contributed by atoms with van der Waals surface area (Å²) in [5.41, 5.74) is 7.38. The van der Waals surface area contributed by atoms with Crippen LogP contribution in [0.1, 0.15) is 6.92 Å². The lowest BCUT2D eigenvalue weighted by molar-refractivity contribution is 0.249. The lowest BCUT2D eigenvalue weighted by atomic mass is 10.4. The second-order valence-electron chi connectivity index (χ2n) is 1.43. The lowest BCUT2D eigenvalue weighted by Gasteiger charge is -1.91. The molecule has 3 N–H and O–H groups in total. The van der Waals surface area contributed by atoms with E-state index in [4.69, 9.17) is 5.73 Å². The minimum atomic E-state index is -0.670. The van der Waals surface area contributed by atoms with Crippen molar-refractivity contribution in [2.75, 3.05) is 0 Å². The fourth-order valence-electron chi connectivity index (χ4n) is 0.189. The molecule has 0 aliphatic carbocycles. The van der Waals surface area contributed by atoms with Gasteiger partial charge < -0.3 is 5.73 Å². The maximum Gasteiger partial charge on any atom is 0.332 e. The van der Waals surface area contributed by atoms with E-state index in [1.807, 2.05) is 0 Å². The minimum absolute atomic E-state index is 0.619. The summed E-state index contributed by atoms with van der Waals surface area (Å²) in [5, 5.41) is 3.52. The molecule has 0 aliphatic heterocycles. The Bertz CT molecular complexity index is 150. The number of hydrogen-bond acceptors (Lipinski definition) is 2. The van der Waals surface area contributed by atoms with E-state index in [9.17, 15) is 4.79 Å². The number of rotatable bonds is 2. The molecule has 4 nitrogen and oxygen atoms in total. The fraction of sp³-hybridized carbons (Fsp3) is 0.200. The number of nitrogens with zero attached hydrogens (tertiary/aromatic N) is 1. The van der Waals surface area contributed by atoms with Gasteiger partial charge in [-0.1, -0.05) is 6.58 Å². The second kappa shape index (κ2) is 3.65. The van der Waals surface area contributed by atoms with Crippen molar-refractivity contribution in [3.05, 3.63) is 12.7 Å². The van der Waals surface area contributed by atoms with Crippen LogP contribution < -0.4 is 11.2 Å². The second-order valence-corrected chi connectivity index (χ2v) is 1.43. The number of urea groups is 1. The molecule has 0 aliphatic rings. The molecule has 0 aromatic heterocycles. The van der Waals surface area contributed by atoms with Crippen molar-refractivity contribution in [2.45, 2.75) is 6.92 Å². The molecule has 50 valence electrons. The molecule has 0 bridgehead atoms. The number of allylic oxidation sites excluding steroid dienone is 1. The molecule has 4 heteroatoms. The fourth-order valence-corrected chi connectivity index (χ4v) is 0.189. The summed E-state index contributed by atoms with van der Waals surface area (Å²) in [6.07, 6.45) is 1.51. The van der Waals surface area contributed by atoms with Gasteiger partial charge in [0.15, 0.2) is 0 Å². The van der Waals surface area contributed by atoms with Gasteiger partial charge in [0.2, 0.25) is 0 Å². The Kier molecular flexibility index (Phi) is 3.12. The van der Waals surface area contributed by atoms with Crippen molar-refractivity contribution in [1.29, 1.82) is 0 Å². The maximum absolute atomic E-state index is 9.99. The van der Waals surface area contributed by atoms with Crippen LogP contribution in [0.15, 0.2) is 17.8 Å². The number of nitrogens with two attached hydrogens (primary N) is 1. The first-order chi connectivity index (χ1) is 4.16. The molecule has 0 aromatic carbocycles. The highest BCUT2D eigenvalue weighted by Crippen LogP contribution is 1.72. The molecule has 0 radical (unpaired) electrons. The predicted octanol–water partition coefficient (Wildman–Crippen LogP) is 0.217. The first-order valence-electron chi connectivity index (χ1n) is 2.39.